The standard InChI is InChI=1S/C11H8N4O/c12-7-8-2-1-3-9(6-8)16-10-4-5-14-11(13)15-10/h1-6H,(H2,13,14,15). The van der Waals surface area contributed by atoms with E-state index < -0.39 is 0 Å². The van der Waals surface area contributed by atoms with Crippen LogP contribution in [0.5, 0.6) is 11.6 Å². The van der Waals surface area contributed by atoms with Crippen LogP contribution in [0.15, 0.2) is 36.5 Å². The van der Waals surface area contributed by atoms with Gasteiger partial charge >= 0.3 is 0 Å². The van der Waals surface area contributed by atoms with Gasteiger partial charge in [-0.15, -0.1) is 0 Å². The minimum absolute atomic E-state index is 0.147. The number of rotatable bonds is 2. The number of nitriles is 1. The molecule has 2 aromatic rings. The van der Waals surface area contributed by atoms with Crippen LogP contribution < -0.4 is 10.5 Å². The van der Waals surface area contributed by atoms with Crippen LogP contribution in [-0.4, -0.2) is 9.97 Å². The van der Waals surface area contributed by atoms with E-state index >= 15 is 0 Å². The number of ether oxygens (including phenoxy) is 1. The van der Waals surface area contributed by atoms with Gasteiger partial charge in [-0.2, -0.15) is 10.2 Å². The molecule has 2 N–H and O–H groups in total. The lowest BCUT2D eigenvalue weighted by Crippen LogP contribution is -1.95. The first-order valence-electron chi connectivity index (χ1n) is 4.54. The van der Waals surface area contributed by atoms with E-state index in [2.05, 4.69) is 9.97 Å². The Morgan fingerprint density at radius 3 is 2.94 bits per heavy atom. The van der Waals surface area contributed by atoms with Crippen molar-refractivity contribution in [2.24, 2.45) is 0 Å². The molecule has 0 aliphatic rings. The summed E-state index contributed by atoms with van der Waals surface area (Å²) in [6.45, 7) is 0. The molecular formula is C11H8N4O. The molecule has 0 saturated heterocycles. The Balaban J connectivity index is 2.24. The number of aromatic nitrogens is 2. The molecule has 1 aromatic heterocycles. The van der Waals surface area contributed by atoms with Crippen molar-refractivity contribution in [2.75, 3.05) is 5.73 Å². The van der Waals surface area contributed by atoms with E-state index in [0.29, 0.717) is 17.2 Å². The SMILES string of the molecule is N#Cc1cccc(Oc2ccnc(N)n2)c1. The molecule has 0 atom stereocenters. The lowest BCUT2D eigenvalue weighted by atomic mass is 10.2. The topological polar surface area (TPSA) is 84.8 Å². The van der Waals surface area contributed by atoms with Gasteiger partial charge in [-0.25, -0.2) is 4.98 Å². The third-order valence-corrected chi connectivity index (χ3v) is 1.83. The number of nitrogen functional groups attached to an aromatic ring is 1. The number of benzene rings is 1. The summed E-state index contributed by atoms with van der Waals surface area (Å²) in [5.41, 5.74) is 5.94. The molecule has 78 valence electrons. The largest absolute Gasteiger partial charge is 0.439 e. The highest BCUT2D eigenvalue weighted by atomic mass is 16.5. The number of hydrogen-bond acceptors (Lipinski definition) is 5. The summed E-state index contributed by atoms with van der Waals surface area (Å²) in [5, 5.41) is 8.72. The Hall–Kier alpha value is -2.61. The first-order valence-corrected chi connectivity index (χ1v) is 4.54. The summed E-state index contributed by atoms with van der Waals surface area (Å²) in [7, 11) is 0. The van der Waals surface area contributed by atoms with Crippen LogP contribution in [0.2, 0.25) is 0 Å². The van der Waals surface area contributed by atoms with E-state index in [0.717, 1.165) is 0 Å². The molecule has 0 fully saturated rings. The fourth-order valence-electron chi connectivity index (χ4n) is 1.16. The van der Waals surface area contributed by atoms with Crippen molar-refractivity contribution in [3.8, 4) is 17.7 Å². The van der Waals surface area contributed by atoms with E-state index in [-0.39, 0.29) is 5.95 Å². The van der Waals surface area contributed by atoms with Crippen molar-refractivity contribution < 1.29 is 4.74 Å². The summed E-state index contributed by atoms with van der Waals surface area (Å²) >= 11 is 0. The third-order valence-electron chi connectivity index (χ3n) is 1.83. The molecule has 0 aliphatic heterocycles. The molecule has 0 aliphatic carbocycles. The molecule has 0 spiro atoms. The Bertz CT molecular complexity index is 548. The van der Waals surface area contributed by atoms with Gasteiger partial charge in [0.1, 0.15) is 5.75 Å². The molecule has 16 heavy (non-hydrogen) atoms. The monoisotopic (exact) mass is 212 g/mol. The van der Waals surface area contributed by atoms with Crippen molar-refractivity contribution >= 4 is 5.95 Å². The van der Waals surface area contributed by atoms with Crippen LogP contribution in [0.25, 0.3) is 0 Å². The Labute approximate surface area is 92.1 Å². The third kappa shape index (κ3) is 2.25. The van der Waals surface area contributed by atoms with Crippen molar-refractivity contribution in [3.05, 3.63) is 42.1 Å². The summed E-state index contributed by atoms with van der Waals surface area (Å²) < 4.78 is 5.42. The van der Waals surface area contributed by atoms with Gasteiger partial charge in [0.25, 0.3) is 0 Å². The van der Waals surface area contributed by atoms with Crippen molar-refractivity contribution in [1.82, 2.24) is 9.97 Å². The zero-order chi connectivity index (χ0) is 11.4. The summed E-state index contributed by atoms with van der Waals surface area (Å²) in [5.74, 6) is 1.04. The highest BCUT2D eigenvalue weighted by Crippen LogP contribution is 2.19. The van der Waals surface area contributed by atoms with Crippen LogP contribution in [-0.2, 0) is 0 Å². The summed E-state index contributed by atoms with van der Waals surface area (Å²) in [6, 6.07) is 10.4. The highest BCUT2D eigenvalue weighted by Gasteiger charge is 2.00. The lowest BCUT2D eigenvalue weighted by Gasteiger charge is -2.04. The van der Waals surface area contributed by atoms with E-state index in [1.165, 1.54) is 6.20 Å². The minimum atomic E-state index is 0.147. The zero-order valence-electron chi connectivity index (χ0n) is 8.29. The predicted octanol–water partition coefficient (Wildman–Crippen LogP) is 1.72. The first-order chi connectivity index (χ1) is 7.78. The van der Waals surface area contributed by atoms with Gasteiger partial charge in [-0.3, -0.25) is 0 Å². The van der Waals surface area contributed by atoms with Crippen LogP contribution in [0.1, 0.15) is 5.56 Å². The van der Waals surface area contributed by atoms with E-state index in [1.54, 1.807) is 30.3 Å². The quantitative estimate of drug-likeness (QED) is 0.819. The molecule has 5 nitrogen and oxygen atoms in total. The molecule has 5 heteroatoms. The van der Waals surface area contributed by atoms with Gasteiger partial charge < -0.3 is 10.5 Å². The van der Waals surface area contributed by atoms with Gasteiger partial charge in [0.15, 0.2) is 0 Å². The second-order valence-electron chi connectivity index (χ2n) is 2.99. The molecule has 0 radical (unpaired) electrons. The van der Waals surface area contributed by atoms with Crippen molar-refractivity contribution in [3.63, 3.8) is 0 Å². The van der Waals surface area contributed by atoms with Crippen LogP contribution in [0, 0.1) is 11.3 Å². The smallest absolute Gasteiger partial charge is 0.224 e. The minimum Gasteiger partial charge on any atom is -0.439 e. The lowest BCUT2D eigenvalue weighted by molar-refractivity contribution is 0.462. The number of nitrogens with two attached hydrogens (primary N) is 1. The maximum atomic E-state index is 8.72. The number of anilines is 1. The molecule has 0 bridgehead atoms. The summed E-state index contributed by atoms with van der Waals surface area (Å²) in [6.07, 6.45) is 1.51. The van der Waals surface area contributed by atoms with E-state index in [4.69, 9.17) is 15.7 Å². The molecule has 1 aromatic carbocycles. The molecule has 1 heterocycles. The van der Waals surface area contributed by atoms with Gasteiger partial charge in [-0.1, -0.05) is 6.07 Å². The molecule has 0 saturated carbocycles. The number of nitrogens with zero attached hydrogens (tertiary/aromatic N) is 3. The normalized spacial score (nSPS) is 9.44. The van der Waals surface area contributed by atoms with Gasteiger partial charge in [0.2, 0.25) is 11.8 Å². The fourth-order valence-corrected chi connectivity index (χ4v) is 1.16. The highest BCUT2D eigenvalue weighted by molar-refractivity contribution is 5.38. The van der Waals surface area contributed by atoms with Crippen LogP contribution in [0.4, 0.5) is 5.95 Å². The first kappa shape index (κ1) is 9.93. The van der Waals surface area contributed by atoms with Gasteiger partial charge in [0.05, 0.1) is 11.6 Å². The predicted molar refractivity (Wildman–Crippen MR) is 57.7 cm³/mol. The Morgan fingerprint density at radius 1 is 1.31 bits per heavy atom. The van der Waals surface area contributed by atoms with Crippen LogP contribution >= 0.6 is 0 Å². The molecule has 2 rings (SSSR count). The number of hydrogen-bond donors (Lipinski definition) is 1. The Kier molecular flexibility index (Phi) is 2.65. The van der Waals surface area contributed by atoms with E-state index in [1.807, 2.05) is 6.07 Å². The van der Waals surface area contributed by atoms with E-state index in [9.17, 15) is 0 Å². The average molecular weight is 212 g/mol. The molecule has 0 amide bonds. The average Bonchev–Trinajstić information content (AvgIpc) is 2.29. The van der Waals surface area contributed by atoms with Gasteiger partial charge in [-0.05, 0) is 18.2 Å². The molecular weight excluding hydrogens is 204 g/mol. The van der Waals surface area contributed by atoms with Crippen molar-refractivity contribution in [2.45, 2.75) is 0 Å². The fraction of sp³-hybridized carbons (Fsp3) is 0. The van der Waals surface area contributed by atoms with Gasteiger partial charge in [0, 0.05) is 12.3 Å². The van der Waals surface area contributed by atoms with Crippen LogP contribution in [0.3, 0.4) is 0 Å². The maximum absolute atomic E-state index is 8.72. The molecule has 0 unspecified atom stereocenters. The zero-order valence-corrected chi connectivity index (χ0v) is 8.29. The maximum Gasteiger partial charge on any atom is 0.224 e. The Morgan fingerprint density at radius 2 is 2.19 bits per heavy atom. The second kappa shape index (κ2) is 4.28. The van der Waals surface area contributed by atoms with Crippen molar-refractivity contribution in [1.29, 1.82) is 5.26 Å². The summed E-state index contributed by atoms with van der Waals surface area (Å²) in [4.78, 5) is 7.63. The second-order valence-corrected chi connectivity index (χ2v) is 2.99.